The summed E-state index contributed by atoms with van der Waals surface area (Å²) in [5.74, 6) is -1.00. The normalized spacial score (nSPS) is 10.2. The highest BCUT2D eigenvalue weighted by molar-refractivity contribution is 7.19. The highest BCUT2D eigenvalue weighted by Gasteiger charge is 2.24. The minimum absolute atomic E-state index is 0.00929. The van der Waals surface area contributed by atoms with Crippen LogP contribution >= 0.6 is 11.3 Å². The summed E-state index contributed by atoms with van der Waals surface area (Å²) >= 11 is 0.971. The van der Waals surface area contributed by atoms with Gasteiger partial charge in [-0.2, -0.15) is 4.98 Å². The number of nitrogens with one attached hydrogen (secondary N) is 1. The molecule has 0 saturated heterocycles. The minimum atomic E-state index is -0.746. The fraction of sp³-hybridized carbons (Fsp3) is 0.200. The van der Waals surface area contributed by atoms with Crippen LogP contribution in [-0.2, 0) is 11.3 Å². The number of hydrogen-bond donors (Lipinski definition) is 3. The molecule has 0 unspecified atom stereocenters. The summed E-state index contributed by atoms with van der Waals surface area (Å²) in [6.07, 6.45) is 1.18. The number of aromatic nitrogens is 2. The van der Waals surface area contributed by atoms with Crippen LogP contribution in [0.1, 0.15) is 25.9 Å². The lowest BCUT2D eigenvalue weighted by Gasteiger charge is -2.02. The molecule has 0 aromatic carbocycles. The second-order valence-corrected chi connectivity index (χ2v) is 4.63. The Balaban J connectivity index is 2.31. The number of nitrogen functional groups attached to an aromatic ring is 1. The Labute approximate surface area is 116 Å². The van der Waals surface area contributed by atoms with E-state index < -0.39 is 11.9 Å². The molecule has 0 aliphatic carbocycles. The number of thiophene rings is 1. The molecule has 10 heteroatoms. The van der Waals surface area contributed by atoms with Crippen molar-refractivity contribution < 1.29 is 18.8 Å². The van der Waals surface area contributed by atoms with E-state index in [2.05, 4.69) is 24.7 Å². The van der Waals surface area contributed by atoms with Gasteiger partial charge in [0.25, 0.3) is 5.91 Å². The number of primary amides is 1. The quantitative estimate of drug-likeness (QED) is 0.664. The molecule has 2 aromatic heterocycles. The third kappa shape index (κ3) is 2.54. The van der Waals surface area contributed by atoms with Gasteiger partial charge in [-0.1, -0.05) is 5.16 Å². The average molecular weight is 297 g/mol. The molecule has 5 N–H and O–H groups in total. The maximum Gasteiger partial charge on any atom is 0.350 e. The van der Waals surface area contributed by atoms with E-state index in [1.165, 1.54) is 13.5 Å². The van der Waals surface area contributed by atoms with Crippen LogP contribution in [0.2, 0.25) is 0 Å². The first kappa shape index (κ1) is 13.8. The first-order valence-corrected chi connectivity index (χ1v) is 6.15. The Morgan fingerprint density at radius 3 is 2.85 bits per heavy atom. The first-order valence-electron chi connectivity index (χ1n) is 5.34. The fourth-order valence-electron chi connectivity index (χ4n) is 1.49. The first-order chi connectivity index (χ1) is 9.54. The molecule has 106 valence electrons. The van der Waals surface area contributed by atoms with E-state index in [1.54, 1.807) is 0 Å². The van der Waals surface area contributed by atoms with Gasteiger partial charge in [0.05, 0.1) is 24.9 Å². The summed E-state index contributed by atoms with van der Waals surface area (Å²) in [4.78, 5) is 26.9. The Kier molecular flexibility index (Phi) is 3.84. The molecule has 0 radical (unpaired) electrons. The Morgan fingerprint density at radius 1 is 1.55 bits per heavy atom. The van der Waals surface area contributed by atoms with E-state index in [0.29, 0.717) is 10.8 Å². The minimum Gasteiger partial charge on any atom is -0.465 e. The predicted molar refractivity (Wildman–Crippen MR) is 70.2 cm³/mol. The summed E-state index contributed by atoms with van der Waals surface area (Å²) in [6.45, 7) is 0.192. The van der Waals surface area contributed by atoms with E-state index in [1.807, 2.05) is 0 Å². The van der Waals surface area contributed by atoms with Crippen LogP contribution in [0.25, 0.3) is 0 Å². The number of nitrogens with zero attached hydrogens (tertiary/aromatic N) is 2. The van der Waals surface area contributed by atoms with Gasteiger partial charge in [0.15, 0.2) is 5.82 Å². The number of esters is 1. The third-order valence-corrected chi connectivity index (χ3v) is 3.52. The monoisotopic (exact) mass is 297 g/mol. The molecule has 0 aliphatic heterocycles. The molecular formula is C10H11N5O4S. The maximum absolute atomic E-state index is 11.5. The molecule has 0 atom stereocenters. The molecule has 9 nitrogen and oxygen atoms in total. The van der Waals surface area contributed by atoms with Crippen molar-refractivity contribution in [2.45, 2.75) is 6.54 Å². The molecule has 2 heterocycles. The zero-order valence-electron chi connectivity index (χ0n) is 10.4. The lowest BCUT2D eigenvalue weighted by atomic mass is 10.2. The molecule has 0 spiro atoms. The van der Waals surface area contributed by atoms with Gasteiger partial charge in [-0.05, 0) is 0 Å². The van der Waals surface area contributed by atoms with Crippen molar-refractivity contribution in [3.63, 3.8) is 0 Å². The van der Waals surface area contributed by atoms with E-state index in [4.69, 9.17) is 11.5 Å². The summed E-state index contributed by atoms with van der Waals surface area (Å²) in [5, 5.41) is 6.83. The standard InChI is InChI=1S/C10H11N5O4S/c1-18-10(17)7-6(11)5(8(12)16)9(20-7)13-2-4-14-3-19-15-4/h3,13H,2,11H2,1H3,(H2,12,16). The maximum atomic E-state index is 11.5. The molecule has 0 bridgehead atoms. The molecule has 1 amide bonds. The lowest BCUT2D eigenvalue weighted by molar-refractivity contribution is 0.0607. The molecular weight excluding hydrogens is 286 g/mol. The molecule has 2 rings (SSSR count). The summed E-state index contributed by atoms with van der Waals surface area (Å²) in [7, 11) is 1.22. The lowest BCUT2D eigenvalue weighted by Crippen LogP contribution is -2.15. The van der Waals surface area contributed by atoms with E-state index in [0.717, 1.165) is 11.3 Å². The number of carbonyl (C=O) groups is 2. The Hall–Kier alpha value is -2.62. The zero-order chi connectivity index (χ0) is 14.7. The average Bonchev–Trinajstić information content (AvgIpc) is 3.02. The van der Waals surface area contributed by atoms with Crippen LogP contribution in [0, 0.1) is 0 Å². The smallest absolute Gasteiger partial charge is 0.350 e. The van der Waals surface area contributed by atoms with E-state index in [-0.39, 0.29) is 22.7 Å². The fourth-order valence-corrected chi connectivity index (χ4v) is 2.53. The molecule has 2 aromatic rings. The summed E-state index contributed by atoms with van der Waals surface area (Å²) in [6, 6.07) is 0. The number of nitrogens with two attached hydrogens (primary N) is 2. The molecule has 0 fully saturated rings. The van der Waals surface area contributed by atoms with Gasteiger partial charge in [-0.3, -0.25) is 4.79 Å². The van der Waals surface area contributed by atoms with Crippen molar-refractivity contribution in [1.29, 1.82) is 0 Å². The van der Waals surface area contributed by atoms with Gasteiger partial charge >= 0.3 is 5.97 Å². The Bertz CT molecular complexity index is 636. The van der Waals surface area contributed by atoms with Gasteiger partial charge in [-0.15, -0.1) is 11.3 Å². The van der Waals surface area contributed by atoms with Gasteiger partial charge in [0, 0.05) is 0 Å². The van der Waals surface area contributed by atoms with Crippen molar-refractivity contribution in [3.8, 4) is 0 Å². The number of ether oxygens (including phenoxy) is 1. The second-order valence-electron chi connectivity index (χ2n) is 3.61. The van der Waals surface area contributed by atoms with Crippen molar-refractivity contribution in [2.75, 3.05) is 18.2 Å². The summed E-state index contributed by atoms with van der Waals surface area (Å²) < 4.78 is 9.16. The van der Waals surface area contributed by atoms with Crippen molar-refractivity contribution in [2.24, 2.45) is 5.73 Å². The van der Waals surface area contributed by atoms with Crippen LogP contribution in [0.5, 0.6) is 0 Å². The van der Waals surface area contributed by atoms with Crippen molar-refractivity contribution in [1.82, 2.24) is 10.1 Å². The van der Waals surface area contributed by atoms with Crippen molar-refractivity contribution in [3.05, 3.63) is 22.7 Å². The van der Waals surface area contributed by atoms with Gasteiger partial charge in [0.1, 0.15) is 9.88 Å². The summed E-state index contributed by atoms with van der Waals surface area (Å²) in [5.41, 5.74) is 11.0. The second kappa shape index (κ2) is 5.57. The Morgan fingerprint density at radius 2 is 2.30 bits per heavy atom. The van der Waals surface area contributed by atoms with Gasteiger partial charge in [-0.25, -0.2) is 4.79 Å². The van der Waals surface area contributed by atoms with E-state index in [9.17, 15) is 9.59 Å². The highest BCUT2D eigenvalue weighted by atomic mass is 32.1. The van der Waals surface area contributed by atoms with E-state index >= 15 is 0 Å². The number of hydrogen-bond acceptors (Lipinski definition) is 9. The number of rotatable bonds is 5. The molecule has 20 heavy (non-hydrogen) atoms. The largest absolute Gasteiger partial charge is 0.465 e. The highest BCUT2D eigenvalue weighted by Crippen LogP contribution is 2.36. The van der Waals surface area contributed by atoms with Gasteiger partial charge in [0.2, 0.25) is 6.39 Å². The SMILES string of the molecule is COC(=O)c1sc(NCc2ncon2)c(C(N)=O)c1N. The van der Waals surface area contributed by atoms with Crippen LogP contribution in [0.3, 0.4) is 0 Å². The van der Waals surface area contributed by atoms with Gasteiger partial charge < -0.3 is 26.0 Å². The third-order valence-electron chi connectivity index (χ3n) is 2.38. The number of methoxy groups -OCH3 is 1. The van der Waals surface area contributed by atoms with Crippen LogP contribution in [0.15, 0.2) is 10.9 Å². The topological polar surface area (TPSA) is 146 Å². The zero-order valence-corrected chi connectivity index (χ0v) is 11.2. The van der Waals surface area contributed by atoms with Crippen LogP contribution < -0.4 is 16.8 Å². The molecule has 0 saturated carbocycles. The number of amides is 1. The number of anilines is 2. The van der Waals surface area contributed by atoms with Crippen LogP contribution in [0.4, 0.5) is 10.7 Å². The predicted octanol–water partition coefficient (Wildman–Crippen LogP) is 0.211. The van der Waals surface area contributed by atoms with Crippen LogP contribution in [-0.4, -0.2) is 29.1 Å². The number of carbonyl (C=O) groups excluding carboxylic acids is 2. The molecule has 0 aliphatic rings. The van der Waals surface area contributed by atoms with Crippen molar-refractivity contribution >= 4 is 33.9 Å².